The number of aryl methyl sites for hydroxylation is 1. The molecule has 1 aliphatic heterocycles. The van der Waals surface area contributed by atoms with Crippen LogP contribution in [0.25, 0.3) is 0 Å². The van der Waals surface area contributed by atoms with Gasteiger partial charge in [-0.15, -0.1) is 0 Å². The summed E-state index contributed by atoms with van der Waals surface area (Å²) in [5.41, 5.74) is 9.05. The highest BCUT2D eigenvalue weighted by Crippen LogP contribution is 2.21. The predicted octanol–water partition coefficient (Wildman–Crippen LogP) is 2.42. The van der Waals surface area contributed by atoms with Gasteiger partial charge < -0.3 is 15.8 Å². The first kappa shape index (κ1) is 11.3. The second kappa shape index (κ2) is 5.21. The Labute approximate surface area is 97.0 Å². The van der Waals surface area contributed by atoms with E-state index in [0.29, 0.717) is 0 Å². The van der Waals surface area contributed by atoms with Crippen molar-refractivity contribution in [3.05, 3.63) is 23.8 Å². The third-order valence-electron chi connectivity index (χ3n) is 3.13. The Morgan fingerprint density at radius 3 is 2.81 bits per heavy atom. The van der Waals surface area contributed by atoms with Crippen LogP contribution in [0.3, 0.4) is 0 Å². The summed E-state index contributed by atoms with van der Waals surface area (Å²) in [4.78, 5) is 0. The Kier molecular flexibility index (Phi) is 3.67. The average Bonchev–Trinajstić information content (AvgIpc) is 2.29. The molecule has 1 heterocycles. The molecule has 0 amide bonds. The van der Waals surface area contributed by atoms with E-state index in [1.807, 2.05) is 6.07 Å². The van der Waals surface area contributed by atoms with Gasteiger partial charge in [-0.1, -0.05) is 6.07 Å². The molecule has 16 heavy (non-hydrogen) atoms. The molecule has 0 unspecified atom stereocenters. The van der Waals surface area contributed by atoms with Gasteiger partial charge in [0, 0.05) is 19.8 Å². The molecular weight excluding hydrogens is 200 g/mol. The van der Waals surface area contributed by atoms with Gasteiger partial charge in [-0.05, 0) is 43.4 Å². The number of nitrogen functional groups attached to an aromatic ring is 1. The van der Waals surface area contributed by atoms with E-state index < -0.39 is 0 Å². The first-order valence-corrected chi connectivity index (χ1v) is 5.93. The van der Waals surface area contributed by atoms with Crippen LogP contribution in [-0.4, -0.2) is 19.8 Å². The maximum absolute atomic E-state index is 5.95. The van der Waals surface area contributed by atoms with Crippen molar-refractivity contribution in [3.8, 4) is 0 Å². The summed E-state index contributed by atoms with van der Waals surface area (Å²) in [5.74, 6) is 0.717. The normalized spacial score (nSPS) is 17.3. The summed E-state index contributed by atoms with van der Waals surface area (Å²) < 4.78 is 5.34. The Morgan fingerprint density at radius 1 is 1.38 bits per heavy atom. The fourth-order valence-corrected chi connectivity index (χ4v) is 2.05. The molecule has 2 rings (SSSR count). The van der Waals surface area contributed by atoms with E-state index in [1.54, 1.807) is 0 Å². The molecule has 0 aromatic heterocycles. The number of hydrogen-bond acceptors (Lipinski definition) is 3. The number of benzene rings is 1. The minimum Gasteiger partial charge on any atom is -0.397 e. The van der Waals surface area contributed by atoms with Crippen LogP contribution in [0.4, 0.5) is 11.4 Å². The van der Waals surface area contributed by atoms with E-state index in [-0.39, 0.29) is 0 Å². The molecule has 0 bridgehead atoms. The molecule has 1 aliphatic rings. The van der Waals surface area contributed by atoms with Crippen molar-refractivity contribution in [3.63, 3.8) is 0 Å². The molecule has 1 fully saturated rings. The van der Waals surface area contributed by atoms with Gasteiger partial charge >= 0.3 is 0 Å². The zero-order valence-corrected chi connectivity index (χ0v) is 9.83. The van der Waals surface area contributed by atoms with Crippen molar-refractivity contribution < 1.29 is 4.74 Å². The topological polar surface area (TPSA) is 47.3 Å². The molecule has 0 atom stereocenters. The molecule has 1 aromatic carbocycles. The van der Waals surface area contributed by atoms with Gasteiger partial charge in [-0.3, -0.25) is 0 Å². The van der Waals surface area contributed by atoms with Crippen LogP contribution in [0.5, 0.6) is 0 Å². The number of nitrogens with two attached hydrogens (primary N) is 1. The third-order valence-corrected chi connectivity index (χ3v) is 3.13. The minimum atomic E-state index is 0.717. The van der Waals surface area contributed by atoms with Gasteiger partial charge in [0.1, 0.15) is 0 Å². The number of hydrogen-bond donors (Lipinski definition) is 2. The molecule has 1 aromatic rings. The quantitative estimate of drug-likeness (QED) is 0.769. The standard InChI is InChI=1S/C13H20N2O/c1-10-2-3-13(12(14)8-10)15-9-11-4-6-16-7-5-11/h2-3,8,11,15H,4-7,9,14H2,1H3. The second-order valence-electron chi connectivity index (χ2n) is 4.53. The molecule has 3 heteroatoms. The molecule has 0 saturated carbocycles. The lowest BCUT2D eigenvalue weighted by atomic mass is 10.0. The Bertz CT molecular complexity index is 346. The molecule has 3 nitrogen and oxygen atoms in total. The molecular formula is C13H20N2O. The summed E-state index contributed by atoms with van der Waals surface area (Å²) in [6.07, 6.45) is 2.30. The highest BCUT2D eigenvalue weighted by Gasteiger charge is 2.13. The zero-order valence-electron chi connectivity index (χ0n) is 9.83. The van der Waals surface area contributed by atoms with Gasteiger partial charge in [0.25, 0.3) is 0 Å². The summed E-state index contributed by atoms with van der Waals surface area (Å²) in [5, 5.41) is 3.43. The molecule has 0 radical (unpaired) electrons. The summed E-state index contributed by atoms with van der Waals surface area (Å²) in [6.45, 7) is 4.85. The summed E-state index contributed by atoms with van der Waals surface area (Å²) in [6, 6.07) is 6.15. The SMILES string of the molecule is Cc1ccc(NCC2CCOCC2)c(N)c1. The van der Waals surface area contributed by atoms with Gasteiger partial charge in [0.15, 0.2) is 0 Å². The monoisotopic (exact) mass is 220 g/mol. The Hall–Kier alpha value is -1.22. The van der Waals surface area contributed by atoms with E-state index in [2.05, 4.69) is 24.4 Å². The minimum absolute atomic E-state index is 0.717. The van der Waals surface area contributed by atoms with Crippen LogP contribution in [0.15, 0.2) is 18.2 Å². The van der Waals surface area contributed by atoms with E-state index >= 15 is 0 Å². The first-order valence-electron chi connectivity index (χ1n) is 5.93. The van der Waals surface area contributed by atoms with Crippen molar-refractivity contribution in [2.75, 3.05) is 30.8 Å². The van der Waals surface area contributed by atoms with Crippen molar-refractivity contribution in [1.82, 2.24) is 0 Å². The zero-order chi connectivity index (χ0) is 11.4. The van der Waals surface area contributed by atoms with Crippen LogP contribution in [0.2, 0.25) is 0 Å². The lowest BCUT2D eigenvalue weighted by molar-refractivity contribution is 0.0699. The number of rotatable bonds is 3. The average molecular weight is 220 g/mol. The van der Waals surface area contributed by atoms with Crippen molar-refractivity contribution >= 4 is 11.4 Å². The molecule has 0 spiro atoms. The Balaban J connectivity index is 1.88. The number of nitrogens with one attached hydrogen (secondary N) is 1. The third kappa shape index (κ3) is 2.89. The molecule has 1 saturated heterocycles. The van der Waals surface area contributed by atoms with Crippen LogP contribution < -0.4 is 11.1 Å². The number of anilines is 2. The Morgan fingerprint density at radius 2 is 2.12 bits per heavy atom. The largest absolute Gasteiger partial charge is 0.397 e. The maximum atomic E-state index is 5.95. The van der Waals surface area contributed by atoms with Crippen LogP contribution in [0, 0.1) is 12.8 Å². The van der Waals surface area contributed by atoms with Crippen molar-refractivity contribution in [2.45, 2.75) is 19.8 Å². The summed E-state index contributed by atoms with van der Waals surface area (Å²) in [7, 11) is 0. The highest BCUT2D eigenvalue weighted by atomic mass is 16.5. The first-order chi connectivity index (χ1) is 7.75. The molecule has 88 valence electrons. The number of ether oxygens (including phenoxy) is 1. The van der Waals surface area contributed by atoms with E-state index in [4.69, 9.17) is 10.5 Å². The second-order valence-corrected chi connectivity index (χ2v) is 4.53. The van der Waals surface area contributed by atoms with Crippen LogP contribution in [-0.2, 0) is 4.74 Å². The van der Waals surface area contributed by atoms with Gasteiger partial charge in [-0.2, -0.15) is 0 Å². The summed E-state index contributed by atoms with van der Waals surface area (Å²) >= 11 is 0. The molecule has 0 aliphatic carbocycles. The van der Waals surface area contributed by atoms with Crippen LogP contribution in [0.1, 0.15) is 18.4 Å². The lowest BCUT2D eigenvalue weighted by Crippen LogP contribution is -2.22. The predicted molar refractivity (Wildman–Crippen MR) is 67.6 cm³/mol. The van der Waals surface area contributed by atoms with E-state index in [1.165, 1.54) is 5.56 Å². The smallest absolute Gasteiger partial charge is 0.0574 e. The van der Waals surface area contributed by atoms with Gasteiger partial charge in [-0.25, -0.2) is 0 Å². The van der Waals surface area contributed by atoms with E-state index in [9.17, 15) is 0 Å². The van der Waals surface area contributed by atoms with Gasteiger partial charge in [0.05, 0.1) is 11.4 Å². The molecule has 3 N–H and O–H groups in total. The fraction of sp³-hybridized carbons (Fsp3) is 0.538. The van der Waals surface area contributed by atoms with E-state index in [0.717, 1.165) is 49.9 Å². The van der Waals surface area contributed by atoms with Crippen molar-refractivity contribution in [2.24, 2.45) is 5.92 Å². The van der Waals surface area contributed by atoms with Crippen molar-refractivity contribution in [1.29, 1.82) is 0 Å². The highest BCUT2D eigenvalue weighted by molar-refractivity contribution is 5.66. The van der Waals surface area contributed by atoms with Gasteiger partial charge in [0.2, 0.25) is 0 Å². The maximum Gasteiger partial charge on any atom is 0.0574 e. The fourth-order valence-electron chi connectivity index (χ4n) is 2.05. The lowest BCUT2D eigenvalue weighted by Gasteiger charge is -2.23. The van der Waals surface area contributed by atoms with Crippen LogP contribution >= 0.6 is 0 Å².